The van der Waals surface area contributed by atoms with Gasteiger partial charge in [-0.1, -0.05) is 12.1 Å². The van der Waals surface area contributed by atoms with Gasteiger partial charge < -0.3 is 10.1 Å². The largest absolute Gasteiger partial charge is 0.379 e. The number of anilines is 1. The Morgan fingerprint density at radius 2 is 2.28 bits per heavy atom. The van der Waals surface area contributed by atoms with Crippen molar-refractivity contribution in [2.75, 3.05) is 18.5 Å². The molecule has 0 aromatic heterocycles. The molecule has 1 aromatic rings. The molecular formula is C13H14N2O2S. The van der Waals surface area contributed by atoms with E-state index in [1.165, 1.54) is 0 Å². The van der Waals surface area contributed by atoms with Gasteiger partial charge in [-0.3, -0.25) is 4.79 Å². The molecule has 0 spiro atoms. The highest BCUT2D eigenvalue weighted by atomic mass is 32.2. The van der Waals surface area contributed by atoms with Crippen LogP contribution in [0, 0.1) is 11.3 Å². The molecule has 1 aliphatic rings. The second kappa shape index (κ2) is 5.89. The van der Waals surface area contributed by atoms with Crippen LogP contribution in [0.25, 0.3) is 0 Å². The molecule has 0 aliphatic carbocycles. The van der Waals surface area contributed by atoms with E-state index in [0.717, 1.165) is 13.2 Å². The molecular weight excluding hydrogens is 248 g/mol. The Hall–Kier alpha value is -1.51. The number of amides is 1. The Morgan fingerprint density at radius 1 is 1.56 bits per heavy atom. The molecule has 4 nitrogen and oxygen atoms in total. The van der Waals surface area contributed by atoms with E-state index in [4.69, 9.17) is 10.00 Å². The Kier molecular flexibility index (Phi) is 4.24. The van der Waals surface area contributed by atoms with Crippen molar-refractivity contribution in [2.45, 2.75) is 17.4 Å². The van der Waals surface area contributed by atoms with Crippen LogP contribution in [-0.4, -0.2) is 29.6 Å². The van der Waals surface area contributed by atoms with Gasteiger partial charge in [0, 0.05) is 0 Å². The number of para-hydroxylation sites is 1. The molecule has 18 heavy (non-hydrogen) atoms. The molecule has 0 saturated carbocycles. The SMILES string of the molecule is CC(SC1COC1)C(=O)Nc1ccccc1C#N. The van der Waals surface area contributed by atoms with Gasteiger partial charge in [-0.05, 0) is 19.1 Å². The van der Waals surface area contributed by atoms with Crippen molar-refractivity contribution in [1.29, 1.82) is 5.26 Å². The van der Waals surface area contributed by atoms with E-state index < -0.39 is 0 Å². The minimum absolute atomic E-state index is 0.0744. The molecule has 1 fully saturated rings. The molecule has 1 aromatic carbocycles. The lowest BCUT2D eigenvalue weighted by Crippen LogP contribution is -2.34. The lowest BCUT2D eigenvalue weighted by molar-refractivity contribution is -0.115. The highest BCUT2D eigenvalue weighted by Gasteiger charge is 2.25. The quantitative estimate of drug-likeness (QED) is 0.901. The third-order valence-corrected chi connectivity index (χ3v) is 3.96. The number of benzene rings is 1. The number of hydrogen-bond donors (Lipinski definition) is 1. The maximum absolute atomic E-state index is 12.0. The molecule has 1 heterocycles. The number of carbonyl (C=O) groups is 1. The second-order valence-corrected chi connectivity index (χ2v) is 5.73. The van der Waals surface area contributed by atoms with Gasteiger partial charge in [0.05, 0.1) is 35.0 Å². The molecule has 0 radical (unpaired) electrons. The highest BCUT2D eigenvalue weighted by molar-refractivity contribution is 8.01. The zero-order valence-electron chi connectivity index (χ0n) is 10.1. The fraction of sp³-hybridized carbons (Fsp3) is 0.385. The van der Waals surface area contributed by atoms with Crippen LogP contribution < -0.4 is 5.32 Å². The number of nitrogens with one attached hydrogen (secondary N) is 1. The summed E-state index contributed by atoms with van der Waals surface area (Å²) in [6.07, 6.45) is 0. The third-order valence-electron chi connectivity index (χ3n) is 2.68. The molecule has 1 saturated heterocycles. The Balaban J connectivity index is 1.95. The number of nitrogens with zero attached hydrogens (tertiary/aromatic N) is 1. The molecule has 94 valence electrons. The van der Waals surface area contributed by atoms with Crippen LogP contribution in [-0.2, 0) is 9.53 Å². The first-order valence-electron chi connectivity index (χ1n) is 5.74. The number of hydrogen-bond acceptors (Lipinski definition) is 4. The maximum Gasteiger partial charge on any atom is 0.237 e. The first kappa shape index (κ1) is 12.9. The van der Waals surface area contributed by atoms with Crippen molar-refractivity contribution in [2.24, 2.45) is 0 Å². The van der Waals surface area contributed by atoms with E-state index in [0.29, 0.717) is 16.5 Å². The van der Waals surface area contributed by atoms with Crippen molar-refractivity contribution < 1.29 is 9.53 Å². The van der Waals surface area contributed by atoms with Gasteiger partial charge in [0.25, 0.3) is 0 Å². The fourth-order valence-corrected chi connectivity index (χ4v) is 2.68. The van der Waals surface area contributed by atoms with Crippen LogP contribution in [0.5, 0.6) is 0 Å². The highest BCUT2D eigenvalue weighted by Crippen LogP contribution is 2.25. The van der Waals surface area contributed by atoms with Crippen molar-refractivity contribution in [3.05, 3.63) is 29.8 Å². The van der Waals surface area contributed by atoms with Gasteiger partial charge in [-0.15, -0.1) is 11.8 Å². The summed E-state index contributed by atoms with van der Waals surface area (Å²) in [5.74, 6) is -0.0744. The molecule has 5 heteroatoms. The van der Waals surface area contributed by atoms with Crippen LogP contribution in [0.3, 0.4) is 0 Å². The van der Waals surface area contributed by atoms with Gasteiger partial charge in [0.15, 0.2) is 0 Å². The number of ether oxygens (including phenoxy) is 1. The molecule has 1 unspecified atom stereocenters. The van der Waals surface area contributed by atoms with Gasteiger partial charge >= 0.3 is 0 Å². The van der Waals surface area contributed by atoms with Crippen LogP contribution in [0.2, 0.25) is 0 Å². The first-order valence-corrected chi connectivity index (χ1v) is 6.68. The van der Waals surface area contributed by atoms with Gasteiger partial charge in [0.1, 0.15) is 6.07 Å². The van der Waals surface area contributed by atoms with E-state index in [9.17, 15) is 4.79 Å². The van der Waals surface area contributed by atoms with Crippen LogP contribution >= 0.6 is 11.8 Å². The summed E-state index contributed by atoms with van der Waals surface area (Å²) in [6.45, 7) is 3.31. The average Bonchev–Trinajstić information content (AvgIpc) is 2.34. The van der Waals surface area contributed by atoms with Gasteiger partial charge in [-0.2, -0.15) is 5.26 Å². The zero-order chi connectivity index (χ0) is 13.0. The fourth-order valence-electron chi connectivity index (χ4n) is 1.57. The molecule has 1 atom stereocenters. The van der Waals surface area contributed by atoms with Crippen molar-refractivity contribution >= 4 is 23.4 Å². The smallest absolute Gasteiger partial charge is 0.237 e. The number of carbonyl (C=O) groups excluding carboxylic acids is 1. The van der Waals surface area contributed by atoms with E-state index in [-0.39, 0.29) is 11.2 Å². The van der Waals surface area contributed by atoms with E-state index in [2.05, 4.69) is 11.4 Å². The Bertz CT molecular complexity index is 480. The predicted molar refractivity (Wildman–Crippen MR) is 71.4 cm³/mol. The van der Waals surface area contributed by atoms with Crippen molar-refractivity contribution in [1.82, 2.24) is 0 Å². The lowest BCUT2D eigenvalue weighted by Gasteiger charge is -2.27. The summed E-state index contributed by atoms with van der Waals surface area (Å²) in [4.78, 5) is 12.0. The lowest BCUT2D eigenvalue weighted by atomic mass is 10.2. The summed E-state index contributed by atoms with van der Waals surface area (Å²) >= 11 is 1.61. The zero-order valence-corrected chi connectivity index (χ0v) is 10.9. The summed E-state index contributed by atoms with van der Waals surface area (Å²) in [6, 6.07) is 9.06. The van der Waals surface area contributed by atoms with E-state index in [1.54, 1.807) is 36.0 Å². The van der Waals surface area contributed by atoms with Crippen molar-refractivity contribution in [3.8, 4) is 6.07 Å². The summed E-state index contributed by atoms with van der Waals surface area (Å²) in [5, 5.41) is 12.0. The molecule has 1 amide bonds. The number of thioether (sulfide) groups is 1. The van der Waals surface area contributed by atoms with Crippen LogP contribution in [0.1, 0.15) is 12.5 Å². The van der Waals surface area contributed by atoms with Gasteiger partial charge in [-0.25, -0.2) is 0 Å². The monoisotopic (exact) mass is 262 g/mol. The summed E-state index contributed by atoms with van der Waals surface area (Å²) in [7, 11) is 0. The number of nitriles is 1. The van der Waals surface area contributed by atoms with Crippen LogP contribution in [0.15, 0.2) is 24.3 Å². The number of rotatable bonds is 4. The second-order valence-electron chi connectivity index (χ2n) is 4.08. The maximum atomic E-state index is 12.0. The van der Waals surface area contributed by atoms with E-state index >= 15 is 0 Å². The molecule has 1 aliphatic heterocycles. The third kappa shape index (κ3) is 3.03. The summed E-state index contributed by atoms with van der Waals surface area (Å²) in [5.41, 5.74) is 1.05. The predicted octanol–water partition coefficient (Wildman–Crippen LogP) is 2.02. The van der Waals surface area contributed by atoms with Crippen LogP contribution in [0.4, 0.5) is 5.69 Å². The molecule has 1 N–H and O–H groups in total. The minimum atomic E-state index is -0.148. The standard InChI is InChI=1S/C13H14N2O2S/c1-9(18-11-7-17-8-11)13(16)15-12-5-3-2-4-10(12)6-14/h2-5,9,11H,7-8H2,1H3,(H,15,16). The normalized spacial score (nSPS) is 16.4. The first-order chi connectivity index (χ1) is 8.70. The molecule has 0 bridgehead atoms. The average molecular weight is 262 g/mol. The minimum Gasteiger partial charge on any atom is -0.379 e. The summed E-state index contributed by atoms with van der Waals surface area (Å²) < 4.78 is 5.07. The Morgan fingerprint density at radius 3 is 2.89 bits per heavy atom. The van der Waals surface area contributed by atoms with E-state index in [1.807, 2.05) is 6.92 Å². The van der Waals surface area contributed by atoms with Crippen molar-refractivity contribution in [3.63, 3.8) is 0 Å². The molecule has 2 rings (SSSR count). The van der Waals surface area contributed by atoms with Gasteiger partial charge in [0.2, 0.25) is 5.91 Å². The Labute approximate surface area is 110 Å². The topological polar surface area (TPSA) is 62.1 Å².